The third-order valence-electron chi connectivity index (χ3n) is 4.68. The van der Waals surface area contributed by atoms with E-state index in [9.17, 15) is 9.90 Å². The highest BCUT2D eigenvalue weighted by Crippen LogP contribution is 2.57. The maximum atomic E-state index is 12.0. The Labute approximate surface area is 119 Å². The number of carbonyl (C=O) groups excluding carboxylic acids is 1. The molecule has 0 spiro atoms. The van der Waals surface area contributed by atoms with E-state index in [4.69, 9.17) is 4.74 Å². The van der Waals surface area contributed by atoms with Gasteiger partial charge in [0.05, 0.1) is 13.2 Å². The molecule has 20 heavy (non-hydrogen) atoms. The molecule has 0 aliphatic heterocycles. The summed E-state index contributed by atoms with van der Waals surface area (Å²) in [6.45, 7) is 0.279. The number of fused-ring (bicyclic) bond motifs is 1. The van der Waals surface area contributed by atoms with Crippen LogP contribution in [-0.4, -0.2) is 24.7 Å². The SMILES string of the molecule is COc1ccc(C(O)CNC(=O)C2C3CCCC32)cc1. The van der Waals surface area contributed by atoms with Crippen LogP contribution in [0.25, 0.3) is 0 Å². The summed E-state index contributed by atoms with van der Waals surface area (Å²) in [5, 5.41) is 13.0. The summed E-state index contributed by atoms with van der Waals surface area (Å²) in [6.07, 6.45) is 3.00. The average Bonchev–Trinajstić information content (AvgIpc) is 2.97. The molecule has 108 valence electrons. The van der Waals surface area contributed by atoms with E-state index in [2.05, 4.69) is 5.32 Å². The molecule has 2 aliphatic rings. The number of aliphatic hydroxyl groups is 1. The third-order valence-corrected chi connectivity index (χ3v) is 4.68. The first-order chi connectivity index (χ1) is 9.70. The highest BCUT2D eigenvalue weighted by atomic mass is 16.5. The smallest absolute Gasteiger partial charge is 0.223 e. The summed E-state index contributed by atoms with van der Waals surface area (Å²) in [4.78, 5) is 12.0. The molecule has 4 nitrogen and oxygen atoms in total. The Morgan fingerprint density at radius 3 is 2.60 bits per heavy atom. The predicted octanol–water partition coefficient (Wildman–Crippen LogP) is 1.89. The molecule has 2 fully saturated rings. The summed E-state index contributed by atoms with van der Waals surface area (Å²) >= 11 is 0. The van der Waals surface area contributed by atoms with Crippen molar-refractivity contribution in [1.82, 2.24) is 5.32 Å². The van der Waals surface area contributed by atoms with E-state index in [1.54, 1.807) is 7.11 Å². The van der Waals surface area contributed by atoms with E-state index in [1.807, 2.05) is 24.3 Å². The van der Waals surface area contributed by atoms with Crippen LogP contribution in [0.5, 0.6) is 5.75 Å². The second-order valence-electron chi connectivity index (χ2n) is 5.82. The van der Waals surface area contributed by atoms with E-state index < -0.39 is 6.10 Å². The van der Waals surface area contributed by atoms with Crippen molar-refractivity contribution in [2.75, 3.05) is 13.7 Å². The van der Waals surface area contributed by atoms with Gasteiger partial charge >= 0.3 is 0 Å². The second kappa shape index (κ2) is 5.44. The summed E-state index contributed by atoms with van der Waals surface area (Å²) < 4.78 is 5.08. The first kappa shape index (κ1) is 13.4. The van der Waals surface area contributed by atoms with Gasteiger partial charge in [-0.25, -0.2) is 0 Å². The van der Waals surface area contributed by atoms with Crippen LogP contribution in [0.4, 0.5) is 0 Å². The monoisotopic (exact) mass is 275 g/mol. The van der Waals surface area contributed by atoms with Gasteiger partial charge in [0, 0.05) is 12.5 Å². The van der Waals surface area contributed by atoms with E-state index in [1.165, 1.54) is 19.3 Å². The number of methoxy groups -OCH3 is 1. The Morgan fingerprint density at radius 1 is 1.35 bits per heavy atom. The maximum Gasteiger partial charge on any atom is 0.223 e. The molecule has 0 bridgehead atoms. The minimum atomic E-state index is -0.663. The number of amides is 1. The molecule has 0 heterocycles. The Hall–Kier alpha value is -1.55. The van der Waals surface area contributed by atoms with Gasteiger partial charge in [-0.15, -0.1) is 0 Å². The second-order valence-corrected chi connectivity index (χ2v) is 5.82. The van der Waals surface area contributed by atoms with Crippen molar-refractivity contribution < 1.29 is 14.6 Å². The zero-order valence-corrected chi connectivity index (χ0v) is 11.7. The molecular weight excluding hydrogens is 254 g/mol. The summed E-state index contributed by atoms with van der Waals surface area (Å²) in [5.74, 6) is 2.33. The van der Waals surface area contributed by atoms with Gasteiger partial charge in [0.15, 0.2) is 0 Å². The average molecular weight is 275 g/mol. The molecular formula is C16H21NO3. The molecule has 2 N–H and O–H groups in total. The van der Waals surface area contributed by atoms with E-state index in [-0.39, 0.29) is 18.4 Å². The highest BCUT2D eigenvalue weighted by molar-refractivity contribution is 5.82. The fourth-order valence-electron chi connectivity index (χ4n) is 3.47. The van der Waals surface area contributed by atoms with Gasteiger partial charge in [-0.1, -0.05) is 18.6 Å². The molecule has 2 aliphatic carbocycles. The molecule has 1 aromatic rings. The Kier molecular flexibility index (Phi) is 3.66. The topological polar surface area (TPSA) is 58.6 Å². The maximum absolute atomic E-state index is 12.0. The van der Waals surface area contributed by atoms with Gasteiger partial charge < -0.3 is 15.2 Å². The molecule has 1 aromatic carbocycles. The van der Waals surface area contributed by atoms with Crippen LogP contribution in [0, 0.1) is 17.8 Å². The minimum absolute atomic E-state index is 0.118. The van der Waals surface area contributed by atoms with Crippen molar-refractivity contribution in [3.05, 3.63) is 29.8 Å². The standard InChI is InChI=1S/C16H21NO3/c1-20-11-7-5-10(6-8-11)14(18)9-17-16(19)15-12-3-2-4-13(12)15/h5-8,12-15,18H,2-4,9H2,1H3,(H,17,19). The normalized spacial score (nSPS) is 28.6. The van der Waals surface area contributed by atoms with Crippen molar-refractivity contribution in [3.8, 4) is 5.75 Å². The summed E-state index contributed by atoms with van der Waals surface area (Å²) in [7, 11) is 1.61. The molecule has 3 rings (SSSR count). The first-order valence-corrected chi connectivity index (χ1v) is 7.30. The van der Waals surface area contributed by atoms with Crippen LogP contribution in [0.2, 0.25) is 0 Å². The van der Waals surface area contributed by atoms with Crippen LogP contribution in [0.3, 0.4) is 0 Å². The molecule has 3 atom stereocenters. The number of aliphatic hydroxyl groups excluding tert-OH is 1. The van der Waals surface area contributed by atoms with Gasteiger partial charge in [0.1, 0.15) is 5.75 Å². The Morgan fingerprint density at radius 2 is 2.00 bits per heavy atom. The van der Waals surface area contributed by atoms with Crippen molar-refractivity contribution in [3.63, 3.8) is 0 Å². The van der Waals surface area contributed by atoms with Gasteiger partial charge in [-0.05, 0) is 42.4 Å². The molecule has 3 unspecified atom stereocenters. The van der Waals surface area contributed by atoms with E-state index in [0.717, 1.165) is 11.3 Å². The van der Waals surface area contributed by atoms with Gasteiger partial charge in [0.25, 0.3) is 0 Å². The molecule has 1 amide bonds. The number of benzene rings is 1. The molecule has 2 saturated carbocycles. The van der Waals surface area contributed by atoms with Crippen LogP contribution < -0.4 is 10.1 Å². The number of rotatable bonds is 5. The Bertz CT molecular complexity index is 475. The lowest BCUT2D eigenvalue weighted by Gasteiger charge is -2.13. The van der Waals surface area contributed by atoms with Crippen LogP contribution in [0.15, 0.2) is 24.3 Å². The van der Waals surface area contributed by atoms with Crippen LogP contribution in [0.1, 0.15) is 30.9 Å². The highest BCUT2D eigenvalue weighted by Gasteiger charge is 2.56. The minimum Gasteiger partial charge on any atom is -0.497 e. The lowest BCUT2D eigenvalue weighted by molar-refractivity contribution is -0.123. The lowest BCUT2D eigenvalue weighted by Crippen LogP contribution is -2.30. The number of hydrogen-bond acceptors (Lipinski definition) is 3. The number of ether oxygens (including phenoxy) is 1. The van der Waals surface area contributed by atoms with Crippen molar-refractivity contribution in [2.45, 2.75) is 25.4 Å². The van der Waals surface area contributed by atoms with E-state index in [0.29, 0.717) is 11.8 Å². The van der Waals surface area contributed by atoms with Crippen molar-refractivity contribution in [1.29, 1.82) is 0 Å². The van der Waals surface area contributed by atoms with Crippen LogP contribution in [-0.2, 0) is 4.79 Å². The lowest BCUT2D eigenvalue weighted by atomic mass is 10.1. The van der Waals surface area contributed by atoms with Gasteiger partial charge in [0.2, 0.25) is 5.91 Å². The number of carbonyl (C=O) groups is 1. The quantitative estimate of drug-likeness (QED) is 0.862. The molecule has 4 heteroatoms. The summed E-state index contributed by atoms with van der Waals surface area (Å²) in [5.41, 5.74) is 0.794. The molecule has 0 aromatic heterocycles. The molecule has 0 saturated heterocycles. The summed E-state index contributed by atoms with van der Waals surface area (Å²) in [6, 6.07) is 7.26. The zero-order valence-electron chi connectivity index (χ0n) is 11.7. The van der Waals surface area contributed by atoms with E-state index >= 15 is 0 Å². The first-order valence-electron chi connectivity index (χ1n) is 7.30. The largest absolute Gasteiger partial charge is 0.497 e. The van der Waals surface area contributed by atoms with Crippen LogP contribution >= 0.6 is 0 Å². The fraction of sp³-hybridized carbons (Fsp3) is 0.562. The molecule has 0 radical (unpaired) electrons. The number of nitrogens with one attached hydrogen (secondary N) is 1. The Balaban J connectivity index is 1.49. The zero-order chi connectivity index (χ0) is 14.1. The van der Waals surface area contributed by atoms with Gasteiger partial charge in [-0.3, -0.25) is 4.79 Å². The number of hydrogen-bond donors (Lipinski definition) is 2. The van der Waals surface area contributed by atoms with Crippen molar-refractivity contribution in [2.24, 2.45) is 17.8 Å². The van der Waals surface area contributed by atoms with Crippen molar-refractivity contribution >= 4 is 5.91 Å². The third kappa shape index (κ3) is 2.52. The predicted molar refractivity (Wildman–Crippen MR) is 75.3 cm³/mol. The van der Waals surface area contributed by atoms with Gasteiger partial charge in [-0.2, -0.15) is 0 Å². The fourth-order valence-corrected chi connectivity index (χ4v) is 3.47.